The third kappa shape index (κ3) is 12.0. The Balaban J connectivity index is 2.11. The first-order valence-corrected chi connectivity index (χ1v) is 12.6. The maximum atomic E-state index is 11.5. The molecule has 2 N–H and O–H groups in total. The Morgan fingerprint density at radius 3 is 1.78 bits per heavy atom. The first-order valence-electron chi connectivity index (χ1n) is 10.7. The fourth-order valence-electron chi connectivity index (χ4n) is 3.43. The Morgan fingerprint density at radius 1 is 0.815 bits per heavy atom. The smallest absolute Gasteiger partial charge is 0.229 e. The minimum Gasteiger partial charge on any atom is -0.506 e. The van der Waals surface area contributed by atoms with E-state index in [2.05, 4.69) is 11.6 Å². The molecule has 0 amide bonds. The van der Waals surface area contributed by atoms with Crippen molar-refractivity contribution in [1.82, 2.24) is 0 Å². The molecule has 0 saturated carbocycles. The van der Waals surface area contributed by atoms with Crippen molar-refractivity contribution in [1.29, 1.82) is 0 Å². The van der Waals surface area contributed by atoms with Gasteiger partial charge in [-0.05, 0) is 24.5 Å². The second kappa shape index (κ2) is 13.9. The Morgan fingerprint density at radius 2 is 1.30 bits per heavy atom. The molecule has 4 nitrogen and oxygen atoms in total. The molecule has 0 fully saturated rings. The summed E-state index contributed by atoms with van der Waals surface area (Å²) in [6, 6.07) is 5.16. The molecule has 0 aromatic heterocycles. The van der Waals surface area contributed by atoms with Crippen LogP contribution >= 0.6 is 0 Å². The van der Waals surface area contributed by atoms with Crippen LogP contribution in [-0.2, 0) is 16.4 Å². The molecule has 0 bridgehead atoms. The minimum absolute atomic E-state index is 0.00683. The van der Waals surface area contributed by atoms with Crippen LogP contribution in [0.4, 0.5) is 5.69 Å². The number of aromatic hydroxyl groups is 1. The summed E-state index contributed by atoms with van der Waals surface area (Å²) in [5.41, 5.74) is 1.20. The normalized spacial score (nSPS) is 11.6. The van der Waals surface area contributed by atoms with Gasteiger partial charge in [0.2, 0.25) is 10.0 Å². The average Bonchev–Trinajstić information content (AvgIpc) is 2.60. The Labute approximate surface area is 166 Å². The molecule has 0 aliphatic rings. The van der Waals surface area contributed by atoms with Crippen LogP contribution in [0.1, 0.15) is 96.0 Å². The fraction of sp³-hybridized carbons (Fsp3) is 0.727. The lowest BCUT2D eigenvalue weighted by Gasteiger charge is -2.12. The van der Waals surface area contributed by atoms with Gasteiger partial charge in [-0.15, -0.1) is 0 Å². The molecule has 0 unspecified atom stereocenters. The number of aryl methyl sites for hydroxylation is 1. The minimum atomic E-state index is -3.39. The molecule has 156 valence electrons. The van der Waals surface area contributed by atoms with E-state index in [0.717, 1.165) is 31.1 Å². The summed E-state index contributed by atoms with van der Waals surface area (Å²) in [7, 11) is -3.39. The van der Waals surface area contributed by atoms with Crippen molar-refractivity contribution in [2.75, 3.05) is 11.0 Å². The summed E-state index contributed by atoms with van der Waals surface area (Å²) >= 11 is 0. The molecule has 0 spiro atoms. The molecule has 0 heterocycles. The third-order valence-electron chi connectivity index (χ3n) is 4.97. The highest BCUT2D eigenvalue weighted by molar-refractivity contribution is 7.92. The van der Waals surface area contributed by atoms with Gasteiger partial charge in [0.15, 0.2) is 0 Å². The summed E-state index contributed by atoms with van der Waals surface area (Å²) in [6.45, 7) is 2.26. The van der Waals surface area contributed by atoms with Crippen LogP contribution in [0.3, 0.4) is 0 Å². The van der Waals surface area contributed by atoms with Crippen molar-refractivity contribution in [3.8, 4) is 5.75 Å². The maximum Gasteiger partial charge on any atom is 0.229 e. The summed E-state index contributed by atoms with van der Waals surface area (Å²) in [5.74, 6) is -0.00683. The number of hydrogen-bond acceptors (Lipinski definition) is 3. The fourth-order valence-corrected chi connectivity index (χ4v) is 4.04. The summed E-state index contributed by atoms with van der Waals surface area (Å²) < 4.78 is 25.4. The van der Waals surface area contributed by atoms with Crippen molar-refractivity contribution < 1.29 is 13.5 Å². The highest BCUT2D eigenvalue weighted by Crippen LogP contribution is 2.29. The van der Waals surface area contributed by atoms with Gasteiger partial charge in [-0.3, -0.25) is 4.72 Å². The molecule has 1 aromatic rings. The molecule has 0 aliphatic heterocycles. The summed E-state index contributed by atoms with van der Waals surface area (Å²) in [4.78, 5) is 0. The summed E-state index contributed by atoms with van der Waals surface area (Å²) in [5, 5.41) is 9.93. The quantitative estimate of drug-likeness (QED) is 0.250. The number of hydrogen-bond donors (Lipinski definition) is 2. The number of benzene rings is 1. The van der Waals surface area contributed by atoms with Crippen LogP contribution in [0.15, 0.2) is 18.2 Å². The largest absolute Gasteiger partial charge is 0.506 e. The van der Waals surface area contributed by atoms with Gasteiger partial charge in [0.25, 0.3) is 0 Å². The van der Waals surface area contributed by atoms with E-state index >= 15 is 0 Å². The Bertz CT molecular complexity index is 614. The molecule has 0 saturated heterocycles. The maximum absolute atomic E-state index is 11.5. The van der Waals surface area contributed by atoms with Crippen molar-refractivity contribution >= 4 is 15.7 Å². The second-order valence-electron chi connectivity index (χ2n) is 7.68. The average molecular weight is 398 g/mol. The number of unbranched alkanes of at least 4 members (excludes halogenated alkanes) is 12. The molecule has 0 aliphatic carbocycles. The van der Waals surface area contributed by atoms with Gasteiger partial charge in [-0.1, -0.05) is 96.1 Å². The third-order valence-corrected chi connectivity index (χ3v) is 5.54. The number of phenolic OH excluding ortho intramolecular Hbond substituents is 1. The molecular weight excluding hydrogens is 358 g/mol. The lowest BCUT2D eigenvalue weighted by molar-refractivity contribution is 0.476. The highest BCUT2D eigenvalue weighted by Gasteiger charge is 2.11. The van der Waals surface area contributed by atoms with Gasteiger partial charge >= 0.3 is 0 Å². The molecular formula is C22H39NO3S. The number of phenols is 1. The molecule has 0 atom stereocenters. The molecule has 1 aromatic carbocycles. The number of nitrogens with one attached hydrogen (secondary N) is 1. The van der Waals surface area contributed by atoms with E-state index in [1.165, 1.54) is 76.7 Å². The van der Waals surface area contributed by atoms with E-state index in [1.807, 2.05) is 6.07 Å². The molecule has 5 heteroatoms. The zero-order valence-corrected chi connectivity index (χ0v) is 18.1. The van der Waals surface area contributed by atoms with E-state index in [-0.39, 0.29) is 5.75 Å². The zero-order chi connectivity index (χ0) is 20.0. The van der Waals surface area contributed by atoms with Crippen LogP contribution in [0.5, 0.6) is 5.75 Å². The van der Waals surface area contributed by atoms with Gasteiger partial charge < -0.3 is 5.11 Å². The van der Waals surface area contributed by atoms with Crippen LogP contribution in [0.2, 0.25) is 0 Å². The first kappa shape index (κ1) is 23.8. The molecule has 1 rings (SSSR count). The first-order chi connectivity index (χ1) is 12.9. The molecule has 0 radical (unpaired) electrons. The van der Waals surface area contributed by atoms with E-state index in [0.29, 0.717) is 5.69 Å². The van der Waals surface area contributed by atoms with Gasteiger partial charge in [0.1, 0.15) is 5.75 Å². The van der Waals surface area contributed by atoms with Crippen LogP contribution in [-0.4, -0.2) is 19.8 Å². The molecule has 27 heavy (non-hydrogen) atoms. The SMILES string of the molecule is CCCCCCCCCCCCCCCc1cccc(O)c1NS(C)(=O)=O. The lowest BCUT2D eigenvalue weighted by Crippen LogP contribution is -2.11. The van der Waals surface area contributed by atoms with Gasteiger partial charge in [0.05, 0.1) is 11.9 Å². The van der Waals surface area contributed by atoms with Crippen LogP contribution in [0.25, 0.3) is 0 Å². The number of rotatable bonds is 16. The van der Waals surface area contributed by atoms with Crippen molar-refractivity contribution in [2.24, 2.45) is 0 Å². The second-order valence-corrected chi connectivity index (χ2v) is 9.43. The van der Waals surface area contributed by atoms with Crippen molar-refractivity contribution in [3.05, 3.63) is 23.8 Å². The predicted molar refractivity (Wildman–Crippen MR) is 116 cm³/mol. The lowest BCUT2D eigenvalue weighted by atomic mass is 10.0. The Hall–Kier alpha value is -1.23. The Kier molecular flexibility index (Phi) is 12.2. The zero-order valence-electron chi connectivity index (χ0n) is 17.3. The van der Waals surface area contributed by atoms with Gasteiger partial charge in [-0.2, -0.15) is 0 Å². The van der Waals surface area contributed by atoms with E-state index in [4.69, 9.17) is 0 Å². The van der Waals surface area contributed by atoms with Gasteiger partial charge in [-0.25, -0.2) is 8.42 Å². The van der Waals surface area contributed by atoms with Crippen molar-refractivity contribution in [3.63, 3.8) is 0 Å². The summed E-state index contributed by atoms with van der Waals surface area (Å²) in [6.07, 6.45) is 18.9. The predicted octanol–water partition coefficient (Wildman–Crippen LogP) is 6.40. The van der Waals surface area contributed by atoms with Gasteiger partial charge in [0, 0.05) is 0 Å². The van der Waals surface area contributed by atoms with E-state index < -0.39 is 10.0 Å². The number of anilines is 1. The van der Waals surface area contributed by atoms with Crippen molar-refractivity contribution in [2.45, 2.75) is 96.8 Å². The topological polar surface area (TPSA) is 66.4 Å². The standard InChI is InChI=1S/C22H39NO3S/c1-3-4-5-6-7-8-9-10-11-12-13-14-15-17-20-18-16-19-21(24)22(20)23-27(2,25)26/h16,18-19,23-24H,3-15,17H2,1-2H3. The number of sulfonamides is 1. The van der Waals surface area contributed by atoms with Crippen LogP contribution in [0, 0.1) is 0 Å². The number of para-hydroxylation sites is 1. The van der Waals surface area contributed by atoms with E-state index in [1.54, 1.807) is 6.07 Å². The highest BCUT2D eigenvalue weighted by atomic mass is 32.2. The van der Waals surface area contributed by atoms with Crippen LogP contribution < -0.4 is 4.72 Å². The monoisotopic (exact) mass is 397 g/mol. The van der Waals surface area contributed by atoms with E-state index in [9.17, 15) is 13.5 Å².